The molecule has 1 aliphatic heterocycles. The molecule has 0 amide bonds. The second kappa shape index (κ2) is 12.0. The lowest BCUT2D eigenvalue weighted by molar-refractivity contribution is 0.671. The summed E-state index contributed by atoms with van der Waals surface area (Å²) in [4.78, 5) is 2.46. The van der Waals surface area contributed by atoms with E-state index in [2.05, 4.69) is 200 Å². The number of aromatic nitrogens is 1. The summed E-state index contributed by atoms with van der Waals surface area (Å²) in [6, 6.07) is 62.5. The second-order valence-electron chi connectivity index (χ2n) is 15.9. The topological polar surface area (TPSA) is 21.3 Å². The molecule has 0 spiro atoms. The van der Waals surface area contributed by atoms with Gasteiger partial charge < -0.3 is 13.8 Å². The van der Waals surface area contributed by atoms with Crippen LogP contribution in [0.2, 0.25) is 0 Å². The maximum absolute atomic E-state index is 7.27. The molecule has 57 heavy (non-hydrogen) atoms. The average molecular weight is 729 g/mol. The van der Waals surface area contributed by atoms with Gasteiger partial charge in [0, 0.05) is 49.6 Å². The van der Waals surface area contributed by atoms with Gasteiger partial charge in [-0.1, -0.05) is 144 Å². The van der Waals surface area contributed by atoms with Crippen LogP contribution < -0.4 is 15.8 Å². The lowest BCUT2D eigenvalue weighted by Crippen LogP contribution is -2.53. The Bertz CT molecular complexity index is 3380. The second-order valence-corrected chi connectivity index (χ2v) is 15.9. The molecule has 0 aliphatic carbocycles. The van der Waals surface area contributed by atoms with Crippen molar-refractivity contribution in [2.24, 2.45) is 0 Å². The number of aryl methyl sites for hydroxylation is 3. The number of anilines is 3. The van der Waals surface area contributed by atoms with Crippen LogP contribution in [0.15, 0.2) is 174 Å². The van der Waals surface area contributed by atoms with Crippen LogP contribution in [-0.2, 0) is 0 Å². The first-order valence-corrected chi connectivity index (χ1v) is 19.9. The van der Waals surface area contributed by atoms with E-state index in [9.17, 15) is 0 Å². The van der Waals surface area contributed by atoms with Crippen molar-refractivity contribution in [1.29, 1.82) is 0 Å². The first kappa shape index (κ1) is 32.2. The summed E-state index contributed by atoms with van der Waals surface area (Å²) in [6.45, 7) is 6.65. The Balaban J connectivity index is 1.27. The van der Waals surface area contributed by atoms with Crippen molar-refractivity contribution in [3.8, 4) is 11.1 Å². The molecule has 12 rings (SSSR count). The van der Waals surface area contributed by atoms with Crippen LogP contribution in [0.1, 0.15) is 16.7 Å². The molecular formula is C53H37BN2O. The summed E-state index contributed by atoms with van der Waals surface area (Å²) in [5, 5.41) is 9.60. The molecular weight excluding hydrogens is 691 g/mol. The maximum Gasteiger partial charge on any atom is 0.333 e. The van der Waals surface area contributed by atoms with E-state index in [1.54, 1.807) is 0 Å². The number of rotatable bonds is 4. The number of hydrogen-bond donors (Lipinski definition) is 0. The predicted molar refractivity (Wildman–Crippen MR) is 243 cm³/mol. The van der Waals surface area contributed by atoms with E-state index >= 15 is 0 Å². The summed E-state index contributed by atoms with van der Waals surface area (Å²) in [5.74, 6) is 0. The molecule has 0 bridgehead atoms. The Kier molecular flexibility index (Phi) is 6.77. The molecule has 0 N–H and O–H groups in total. The molecule has 0 fully saturated rings. The van der Waals surface area contributed by atoms with Crippen LogP contribution in [0.25, 0.3) is 76.4 Å². The number of para-hydroxylation sites is 3. The molecule has 9 aromatic carbocycles. The van der Waals surface area contributed by atoms with Gasteiger partial charge in [-0.3, -0.25) is 0 Å². The minimum absolute atomic E-state index is 0.121. The van der Waals surface area contributed by atoms with Crippen molar-refractivity contribution in [3.63, 3.8) is 0 Å². The third kappa shape index (κ3) is 4.62. The molecule has 11 aromatic rings. The summed E-state index contributed by atoms with van der Waals surface area (Å²) < 4.78 is 9.88. The molecule has 0 radical (unpaired) electrons. The Morgan fingerprint density at radius 1 is 0.491 bits per heavy atom. The first-order chi connectivity index (χ1) is 28.0. The SMILES string of the molecule is Cc1cc(C)c(B2c3c(cc(N(c4ccc5ccccc5c4)c4ccc5ccccc5c4)c4c3oc3ccccc34)-c3cccc4c5ccccc5n2c34)c(C)c1. The zero-order chi connectivity index (χ0) is 37.9. The van der Waals surface area contributed by atoms with Crippen molar-refractivity contribution in [2.45, 2.75) is 20.8 Å². The standard InChI is InChI=1S/C53H37BN2O/c1-32-27-33(2)50(34(3)28-32)54-51-45(43-20-12-19-42-41-17-8-10-21-46(41)56(54)52(42)43)31-47(49-44-18-9-11-22-48(44)57-53(49)51)55(39-25-23-35-13-4-6-15-37(35)29-39)40-26-24-36-14-5-7-16-38(36)30-40/h4-31H,1-3H3. The van der Waals surface area contributed by atoms with Gasteiger partial charge in [0.2, 0.25) is 0 Å². The summed E-state index contributed by atoms with van der Waals surface area (Å²) >= 11 is 0. The Morgan fingerprint density at radius 2 is 1.09 bits per heavy atom. The van der Waals surface area contributed by atoms with Crippen LogP contribution >= 0.6 is 0 Å². The maximum atomic E-state index is 7.27. The normalized spacial score (nSPS) is 12.4. The van der Waals surface area contributed by atoms with Crippen molar-refractivity contribution < 1.29 is 4.42 Å². The molecule has 0 atom stereocenters. The van der Waals surface area contributed by atoms with Crippen LogP contribution in [-0.4, -0.2) is 11.3 Å². The summed E-state index contributed by atoms with van der Waals surface area (Å²) in [7, 11) is 0. The van der Waals surface area contributed by atoms with Gasteiger partial charge in [-0.15, -0.1) is 0 Å². The van der Waals surface area contributed by atoms with E-state index in [-0.39, 0.29) is 6.85 Å². The quantitative estimate of drug-likeness (QED) is 0.168. The highest BCUT2D eigenvalue weighted by Crippen LogP contribution is 2.48. The fraction of sp³-hybridized carbons (Fsp3) is 0.0566. The van der Waals surface area contributed by atoms with Crippen LogP contribution in [0, 0.1) is 20.8 Å². The smallest absolute Gasteiger partial charge is 0.333 e. The molecule has 0 unspecified atom stereocenters. The Hall–Kier alpha value is -7.04. The summed E-state index contributed by atoms with van der Waals surface area (Å²) in [5.41, 5.74) is 16.4. The monoisotopic (exact) mass is 728 g/mol. The highest BCUT2D eigenvalue weighted by molar-refractivity contribution is 6.89. The fourth-order valence-corrected chi connectivity index (χ4v) is 10.2. The Labute approximate surface area is 331 Å². The minimum Gasteiger partial charge on any atom is -0.456 e. The number of hydrogen-bond acceptors (Lipinski definition) is 2. The predicted octanol–water partition coefficient (Wildman–Crippen LogP) is 13.0. The zero-order valence-corrected chi connectivity index (χ0v) is 32.0. The van der Waals surface area contributed by atoms with Crippen molar-refractivity contribution in [3.05, 3.63) is 187 Å². The van der Waals surface area contributed by atoms with Crippen molar-refractivity contribution in [1.82, 2.24) is 4.48 Å². The lowest BCUT2D eigenvalue weighted by atomic mass is 9.45. The molecule has 0 saturated carbocycles. The fourth-order valence-electron chi connectivity index (χ4n) is 10.2. The largest absolute Gasteiger partial charge is 0.456 e. The van der Waals surface area contributed by atoms with Crippen molar-refractivity contribution >= 4 is 100 Å². The average Bonchev–Trinajstić information content (AvgIpc) is 3.79. The number of furan rings is 1. The molecule has 3 heterocycles. The molecule has 3 nitrogen and oxygen atoms in total. The Morgan fingerprint density at radius 3 is 1.79 bits per heavy atom. The summed E-state index contributed by atoms with van der Waals surface area (Å²) in [6.07, 6.45) is 0. The zero-order valence-electron chi connectivity index (χ0n) is 32.0. The van der Waals surface area contributed by atoms with E-state index in [1.165, 1.54) is 82.1 Å². The van der Waals surface area contributed by atoms with E-state index in [1.807, 2.05) is 0 Å². The van der Waals surface area contributed by atoms with Gasteiger partial charge in [0.15, 0.2) is 0 Å². The lowest BCUT2D eigenvalue weighted by Gasteiger charge is -2.32. The minimum atomic E-state index is -0.121. The van der Waals surface area contributed by atoms with E-state index in [0.29, 0.717) is 0 Å². The number of benzene rings is 9. The first-order valence-electron chi connectivity index (χ1n) is 19.9. The molecule has 268 valence electrons. The van der Waals surface area contributed by atoms with E-state index < -0.39 is 0 Å². The van der Waals surface area contributed by atoms with Gasteiger partial charge in [0.1, 0.15) is 11.2 Å². The van der Waals surface area contributed by atoms with Gasteiger partial charge in [-0.25, -0.2) is 0 Å². The molecule has 4 heteroatoms. The van der Waals surface area contributed by atoms with Crippen molar-refractivity contribution in [2.75, 3.05) is 4.90 Å². The van der Waals surface area contributed by atoms with Gasteiger partial charge in [0.25, 0.3) is 0 Å². The number of fused-ring (bicyclic) bond motifs is 11. The molecule has 2 aromatic heterocycles. The van der Waals surface area contributed by atoms with Crippen LogP contribution in [0.4, 0.5) is 17.1 Å². The third-order valence-electron chi connectivity index (χ3n) is 12.5. The third-order valence-corrected chi connectivity index (χ3v) is 12.5. The van der Waals surface area contributed by atoms with Gasteiger partial charge in [-0.2, -0.15) is 0 Å². The molecule has 0 saturated heterocycles. The number of nitrogens with zero attached hydrogens (tertiary/aromatic N) is 2. The van der Waals surface area contributed by atoms with Gasteiger partial charge >= 0.3 is 6.85 Å². The van der Waals surface area contributed by atoms with E-state index in [4.69, 9.17) is 4.42 Å². The highest BCUT2D eigenvalue weighted by atomic mass is 16.3. The van der Waals surface area contributed by atoms with E-state index in [0.717, 1.165) is 39.0 Å². The van der Waals surface area contributed by atoms with Crippen LogP contribution in [0.5, 0.6) is 0 Å². The van der Waals surface area contributed by atoms with Crippen LogP contribution in [0.3, 0.4) is 0 Å². The molecule has 1 aliphatic rings. The highest BCUT2D eigenvalue weighted by Gasteiger charge is 2.40. The van der Waals surface area contributed by atoms with Gasteiger partial charge in [0.05, 0.1) is 11.1 Å². The van der Waals surface area contributed by atoms with Gasteiger partial charge in [-0.05, 0) is 95.8 Å².